The molecule has 116 valence electrons. The van der Waals surface area contributed by atoms with Gasteiger partial charge in [-0.2, -0.15) is 0 Å². The molecular weight excluding hydrogens is 260 g/mol. The second-order valence-electron chi connectivity index (χ2n) is 5.80. The minimum atomic E-state index is -0.0499. The molecule has 0 spiro atoms. The van der Waals surface area contributed by atoms with Crippen LogP contribution in [-0.4, -0.2) is 24.5 Å². The highest BCUT2D eigenvalue weighted by molar-refractivity contribution is 5.77. The molecule has 1 heterocycles. The van der Waals surface area contributed by atoms with Gasteiger partial charge >= 0.3 is 0 Å². The summed E-state index contributed by atoms with van der Waals surface area (Å²) in [4.78, 5) is 2.48. The Hall–Kier alpha value is -1.32. The molecular formula is C18H28N2O. The van der Waals surface area contributed by atoms with Crippen molar-refractivity contribution in [3.63, 3.8) is 0 Å². The predicted molar refractivity (Wildman–Crippen MR) is 89.4 cm³/mol. The first-order chi connectivity index (χ1) is 10.2. The van der Waals surface area contributed by atoms with Gasteiger partial charge in [0, 0.05) is 11.9 Å². The van der Waals surface area contributed by atoms with Gasteiger partial charge in [0.25, 0.3) is 0 Å². The van der Waals surface area contributed by atoms with E-state index in [1.165, 1.54) is 25.7 Å². The van der Waals surface area contributed by atoms with Crippen LogP contribution in [0.5, 0.6) is 0 Å². The summed E-state index contributed by atoms with van der Waals surface area (Å²) < 4.78 is 5.89. The Labute approximate surface area is 128 Å². The van der Waals surface area contributed by atoms with Gasteiger partial charge in [-0.05, 0) is 38.1 Å². The normalized spacial score (nSPS) is 13.1. The van der Waals surface area contributed by atoms with Gasteiger partial charge in [-0.15, -0.1) is 0 Å². The molecule has 0 saturated heterocycles. The van der Waals surface area contributed by atoms with Crippen LogP contribution >= 0.6 is 0 Å². The highest BCUT2D eigenvalue weighted by Gasteiger charge is 2.15. The lowest BCUT2D eigenvalue weighted by atomic mass is 10.1. The number of fused-ring (bicyclic) bond motifs is 1. The zero-order valence-electron chi connectivity index (χ0n) is 13.3. The van der Waals surface area contributed by atoms with Crippen molar-refractivity contribution in [3.8, 4) is 0 Å². The number of furan rings is 1. The summed E-state index contributed by atoms with van der Waals surface area (Å²) in [5.74, 6) is 0.897. The third kappa shape index (κ3) is 4.58. The van der Waals surface area contributed by atoms with Crippen molar-refractivity contribution in [1.29, 1.82) is 0 Å². The van der Waals surface area contributed by atoms with E-state index in [0.29, 0.717) is 0 Å². The minimum Gasteiger partial charge on any atom is -0.459 e. The maximum atomic E-state index is 6.37. The molecule has 0 fully saturated rings. The van der Waals surface area contributed by atoms with E-state index >= 15 is 0 Å². The number of benzene rings is 1. The highest BCUT2D eigenvalue weighted by atomic mass is 16.3. The molecule has 0 radical (unpaired) electrons. The lowest BCUT2D eigenvalue weighted by molar-refractivity contribution is 0.241. The molecule has 2 N–H and O–H groups in total. The number of para-hydroxylation sites is 1. The van der Waals surface area contributed by atoms with Gasteiger partial charge in [-0.25, -0.2) is 0 Å². The molecule has 0 aliphatic rings. The Morgan fingerprint density at radius 3 is 2.38 bits per heavy atom. The van der Waals surface area contributed by atoms with E-state index in [9.17, 15) is 0 Å². The zero-order chi connectivity index (χ0) is 15.1. The molecule has 1 atom stereocenters. The number of hydrogen-bond donors (Lipinski definition) is 1. The van der Waals surface area contributed by atoms with E-state index in [1.807, 2.05) is 18.2 Å². The predicted octanol–water partition coefficient (Wildman–Crippen LogP) is 4.33. The molecule has 0 aliphatic heterocycles. The van der Waals surface area contributed by atoms with Crippen molar-refractivity contribution in [2.45, 2.75) is 45.6 Å². The second-order valence-corrected chi connectivity index (χ2v) is 5.80. The van der Waals surface area contributed by atoms with Crippen molar-refractivity contribution in [2.75, 3.05) is 19.6 Å². The monoisotopic (exact) mass is 288 g/mol. The van der Waals surface area contributed by atoms with E-state index in [2.05, 4.69) is 30.9 Å². The minimum absolute atomic E-state index is 0.0499. The quantitative estimate of drug-likeness (QED) is 0.746. The van der Waals surface area contributed by atoms with Crippen molar-refractivity contribution >= 4 is 11.0 Å². The number of nitrogens with zero attached hydrogens (tertiary/aromatic N) is 1. The molecule has 1 aromatic carbocycles. The van der Waals surface area contributed by atoms with Gasteiger partial charge in [0.05, 0.1) is 6.04 Å². The van der Waals surface area contributed by atoms with Crippen LogP contribution in [0, 0.1) is 0 Å². The Kier molecular flexibility index (Phi) is 6.27. The smallest absolute Gasteiger partial charge is 0.134 e. The van der Waals surface area contributed by atoms with E-state index in [0.717, 1.165) is 36.4 Å². The van der Waals surface area contributed by atoms with Gasteiger partial charge in [0.15, 0.2) is 0 Å². The first-order valence-electron chi connectivity index (χ1n) is 8.21. The van der Waals surface area contributed by atoms with Crippen LogP contribution in [-0.2, 0) is 0 Å². The first-order valence-corrected chi connectivity index (χ1v) is 8.21. The molecule has 0 aliphatic carbocycles. The first kappa shape index (κ1) is 16.1. The lowest BCUT2D eigenvalue weighted by Crippen LogP contribution is -2.33. The van der Waals surface area contributed by atoms with Crippen LogP contribution in [0.2, 0.25) is 0 Å². The Balaban J connectivity index is 2.00. The zero-order valence-corrected chi connectivity index (χ0v) is 13.3. The topological polar surface area (TPSA) is 42.4 Å². The van der Waals surface area contributed by atoms with Crippen LogP contribution in [0.15, 0.2) is 34.7 Å². The summed E-state index contributed by atoms with van der Waals surface area (Å²) in [6, 6.07) is 10.1. The van der Waals surface area contributed by atoms with Gasteiger partial charge < -0.3 is 15.1 Å². The highest BCUT2D eigenvalue weighted by Crippen LogP contribution is 2.23. The summed E-state index contributed by atoms with van der Waals surface area (Å²) in [5.41, 5.74) is 7.30. The Morgan fingerprint density at radius 1 is 1.10 bits per heavy atom. The summed E-state index contributed by atoms with van der Waals surface area (Å²) in [6.45, 7) is 7.60. The average Bonchev–Trinajstić information content (AvgIpc) is 2.94. The van der Waals surface area contributed by atoms with Crippen molar-refractivity contribution in [2.24, 2.45) is 5.73 Å². The van der Waals surface area contributed by atoms with Crippen LogP contribution < -0.4 is 5.73 Å². The SMILES string of the molecule is CCCCN(CCCC)CC(N)c1cc2ccccc2o1. The van der Waals surface area contributed by atoms with E-state index in [1.54, 1.807) is 0 Å². The van der Waals surface area contributed by atoms with E-state index in [4.69, 9.17) is 10.2 Å². The third-order valence-electron chi connectivity index (χ3n) is 3.92. The third-order valence-corrected chi connectivity index (χ3v) is 3.92. The fourth-order valence-electron chi connectivity index (χ4n) is 2.61. The van der Waals surface area contributed by atoms with Crippen LogP contribution in [0.25, 0.3) is 11.0 Å². The summed E-state index contributed by atoms with van der Waals surface area (Å²) >= 11 is 0. The largest absolute Gasteiger partial charge is 0.459 e. The second kappa shape index (κ2) is 8.20. The lowest BCUT2D eigenvalue weighted by Gasteiger charge is -2.24. The Bertz CT molecular complexity index is 494. The number of nitrogens with two attached hydrogens (primary N) is 1. The summed E-state index contributed by atoms with van der Waals surface area (Å²) in [6.07, 6.45) is 4.91. The van der Waals surface area contributed by atoms with Gasteiger partial charge in [-0.1, -0.05) is 44.9 Å². The molecule has 1 aromatic heterocycles. The maximum Gasteiger partial charge on any atom is 0.134 e. The molecule has 21 heavy (non-hydrogen) atoms. The summed E-state index contributed by atoms with van der Waals surface area (Å²) in [7, 11) is 0. The van der Waals surface area contributed by atoms with Gasteiger partial charge in [-0.3, -0.25) is 0 Å². The van der Waals surface area contributed by atoms with Gasteiger partial charge in [0.1, 0.15) is 11.3 Å². The number of unbranched alkanes of at least 4 members (excludes halogenated alkanes) is 2. The molecule has 3 heteroatoms. The van der Waals surface area contributed by atoms with Crippen molar-refractivity contribution in [1.82, 2.24) is 4.90 Å². The fraction of sp³-hybridized carbons (Fsp3) is 0.556. The molecule has 2 aromatic rings. The Morgan fingerprint density at radius 2 is 1.76 bits per heavy atom. The standard InChI is InChI=1S/C18H28N2O/c1-3-5-11-20(12-6-4-2)14-16(19)18-13-15-9-7-8-10-17(15)21-18/h7-10,13,16H,3-6,11-12,14,19H2,1-2H3. The molecule has 2 rings (SSSR count). The molecule has 0 saturated carbocycles. The maximum absolute atomic E-state index is 6.37. The molecule has 0 bridgehead atoms. The molecule has 3 nitrogen and oxygen atoms in total. The van der Waals surface area contributed by atoms with E-state index in [-0.39, 0.29) is 6.04 Å². The molecule has 1 unspecified atom stereocenters. The van der Waals surface area contributed by atoms with Crippen molar-refractivity contribution in [3.05, 3.63) is 36.1 Å². The van der Waals surface area contributed by atoms with Crippen molar-refractivity contribution < 1.29 is 4.42 Å². The van der Waals surface area contributed by atoms with Crippen LogP contribution in [0.4, 0.5) is 0 Å². The fourth-order valence-corrected chi connectivity index (χ4v) is 2.61. The number of rotatable bonds is 9. The molecule has 0 amide bonds. The van der Waals surface area contributed by atoms with Crippen LogP contribution in [0.1, 0.15) is 51.3 Å². The van der Waals surface area contributed by atoms with E-state index < -0.39 is 0 Å². The average molecular weight is 288 g/mol. The summed E-state index contributed by atoms with van der Waals surface area (Å²) in [5, 5.41) is 1.14. The number of hydrogen-bond acceptors (Lipinski definition) is 3. The van der Waals surface area contributed by atoms with Crippen LogP contribution in [0.3, 0.4) is 0 Å². The van der Waals surface area contributed by atoms with Gasteiger partial charge in [0.2, 0.25) is 0 Å².